The molecule has 1 aromatic rings. The number of aliphatic hydroxyl groups excluding tert-OH is 1. The summed E-state index contributed by atoms with van der Waals surface area (Å²) in [6, 6.07) is 8.90. The number of rotatable bonds is 3. The first-order valence-electron chi connectivity index (χ1n) is 3.72. The summed E-state index contributed by atoms with van der Waals surface area (Å²) >= 11 is 0. The minimum atomic E-state index is -0.919. The second-order valence-electron chi connectivity index (χ2n) is 2.49. The van der Waals surface area contributed by atoms with Gasteiger partial charge in [0.1, 0.15) is 6.10 Å². The smallest absolute Gasteiger partial charge is 0.106 e. The predicted octanol–water partition coefficient (Wildman–Crippen LogP) is 2.54. The normalized spacial score (nSPS) is 11.5. The van der Waals surface area contributed by atoms with Gasteiger partial charge in [-0.2, -0.15) is 0 Å². The number of benzene rings is 1. The summed E-state index contributed by atoms with van der Waals surface area (Å²) in [5.41, 5.74) is 8.89. The van der Waals surface area contributed by atoms with Gasteiger partial charge < -0.3 is 5.11 Å². The van der Waals surface area contributed by atoms with Crippen LogP contribution in [0, 0.1) is 0 Å². The van der Waals surface area contributed by atoms with E-state index in [9.17, 15) is 5.11 Å². The number of aliphatic hydroxyl groups is 1. The van der Waals surface area contributed by atoms with Crippen LogP contribution in [0.3, 0.4) is 0 Å². The molecule has 0 radical (unpaired) electrons. The predicted molar refractivity (Wildman–Crippen MR) is 49.7 cm³/mol. The molecule has 1 unspecified atom stereocenters. The third-order valence-electron chi connectivity index (χ3n) is 1.60. The van der Waals surface area contributed by atoms with Crippen molar-refractivity contribution in [3.05, 3.63) is 58.6 Å². The van der Waals surface area contributed by atoms with Crippen LogP contribution in [0.5, 0.6) is 0 Å². The Morgan fingerprint density at radius 3 is 2.62 bits per heavy atom. The molecule has 1 aromatic carbocycles. The topological polar surface area (TPSA) is 69.0 Å². The molecule has 1 atom stereocenters. The summed E-state index contributed by atoms with van der Waals surface area (Å²) in [6.07, 6.45) is -0.919. The average molecular weight is 175 g/mol. The van der Waals surface area contributed by atoms with Gasteiger partial charge in [0, 0.05) is 10.6 Å². The average Bonchev–Trinajstić information content (AvgIpc) is 2.18. The summed E-state index contributed by atoms with van der Waals surface area (Å²) in [7, 11) is 0. The van der Waals surface area contributed by atoms with E-state index in [1.165, 1.54) is 0 Å². The van der Waals surface area contributed by atoms with Crippen LogP contribution in [0.2, 0.25) is 0 Å². The molecule has 13 heavy (non-hydrogen) atoms. The first kappa shape index (κ1) is 9.32. The zero-order chi connectivity index (χ0) is 9.68. The quantitative estimate of drug-likeness (QED) is 0.428. The SMILES string of the molecule is C=C(N=[N+]=[N-])C(O)c1ccccc1. The molecule has 0 aliphatic heterocycles. The van der Waals surface area contributed by atoms with Gasteiger partial charge in [0.25, 0.3) is 0 Å². The molecule has 0 amide bonds. The molecule has 0 bridgehead atoms. The number of azide groups is 1. The lowest BCUT2D eigenvalue weighted by molar-refractivity contribution is 0.214. The number of hydrogen-bond acceptors (Lipinski definition) is 2. The van der Waals surface area contributed by atoms with E-state index in [0.717, 1.165) is 0 Å². The highest BCUT2D eigenvalue weighted by molar-refractivity contribution is 5.23. The maximum Gasteiger partial charge on any atom is 0.106 e. The molecule has 0 saturated carbocycles. The van der Waals surface area contributed by atoms with E-state index in [4.69, 9.17) is 5.53 Å². The van der Waals surface area contributed by atoms with Crippen molar-refractivity contribution >= 4 is 0 Å². The van der Waals surface area contributed by atoms with E-state index in [-0.39, 0.29) is 5.70 Å². The Kier molecular flexibility index (Phi) is 3.09. The Bertz CT molecular complexity index is 341. The van der Waals surface area contributed by atoms with Gasteiger partial charge in [-0.1, -0.05) is 42.0 Å². The van der Waals surface area contributed by atoms with Crippen molar-refractivity contribution in [3.63, 3.8) is 0 Å². The highest BCUT2D eigenvalue weighted by atomic mass is 16.3. The first-order chi connectivity index (χ1) is 6.25. The molecule has 1 N–H and O–H groups in total. The van der Waals surface area contributed by atoms with Crippen molar-refractivity contribution in [2.24, 2.45) is 5.11 Å². The molecule has 0 aliphatic rings. The maximum absolute atomic E-state index is 9.56. The van der Waals surface area contributed by atoms with Crippen molar-refractivity contribution < 1.29 is 5.11 Å². The highest BCUT2D eigenvalue weighted by Gasteiger charge is 2.08. The molecule has 4 heteroatoms. The molecule has 0 saturated heterocycles. The zero-order valence-electron chi connectivity index (χ0n) is 6.96. The van der Waals surface area contributed by atoms with Crippen LogP contribution in [0.15, 0.2) is 47.7 Å². The monoisotopic (exact) mass is 175 g/mol. The fourth-order valence-corrected chi connectivity index (χ4v) is 0.940. The van der Waals surface area contributed by atoms with Gasteiger partial charge in [-0.15, -0.1) is 0 Å². The Morgan fingerprint density at radius 1 is 1.46 bits per heavy atom. The molecule has 0 fully saturated rings. The molecular weight excluding hydrogens is 166 g/mol. The van der Waals surface area contributed by atoms with Gasteiger partial charge in [-0.3, -0.25) is 0 Å². The lowest BCUT2D eigenvalue weighted by Gasteiger charge is -2.08. The third-order valence-corrected chi connectivity index (χ3v) is 1.60. The molecule has 0 heterocycles. The largest absolute Gasteiger partial charge is 0.384 e. The van der Waals surface area contributed by atoms with Crippen molar-refractivity contribution in [2.75, 3.05) is 0 Å². The van der Waals surface area contributed by atoms with Crippen molar-refractivity contribution in [2.45, 2.75) is 6.10 Å². The molecular formula is C9H9N3O. The fourth-order valence-electron chi connectivity index (χ4n) is 0.940. The van der Waals surface area contributed by atoms with E-state index >= 15 is 0 Å². The Hall–Kier alpha value is -1.77. The number of nitrogens with zero attached hydrogens (tertiary/aromatic N) is 3. The molecule has 1 rings (SSSR count). The lowest BCUT2D eigenvalue weighted by Crippen LogP contribution is -1.97. The Labute approximate surface area is 75.8 Å². The van der Waals surface area contributed by atoms with E-state index in [0.29, 0.717) is 5.56 Å². The van der Waals surface area contributed by atoms with E-state index < -0.39 is 6.10 Å². The van der Waals surface area contributed by atoms with Crippen LogP contribution in [-0.4, -0.2) is 5.11 Å². The lowest BCUT2D eigenvalue weighted by atomic mass is 10.1. The maximum atomic E-state index is 9.56. The Morgan fingerprint density at radius 2 is 2.08 bits per heavy atom. The van der Waals surface area contributed by atoms with Gasteiger partial charge in [0.2, 0.25) is 0 Å². The summed E-state index contributed by atoms with van der Waals surface area (Å²) in [5.74, 6) is 0. The second-order valence-corrected chi connectivity index (χ2v) is 2.49. The summed E-state index contributed by atoms with van der Waals surface area (Å²) in [6.45, 7) is 3.45. The number of hydrogen-bond donors (Lipinski definition) is 1. The van der Waals surface area contributed by atoms with Crippen LogP contribution in [-0.2, 0) is 0 Å². The molecule has 0 spiro atoms. The minimum absolute atomic E-state index is 0.105. The molecule has 4 nitrogen and oxygen atoms in total. The van der Waals surface area contributed by atoms with Crippen molar-refractivity contribution in [1.82, 2.24) is 0 Å². The first-order valence-corrected chi connectivity index (χ1v) is 3.72. The van der Waals surface area contributed by atoms with Gasteiger partial charge >= 0.3 is 0 Å². The van der Waals surface area contributed by atoms with Gasteiger partial charge in [-0.25, -0.2) is 0 Å². The molecule has 66 valence electrons. The van der Waals surface area contributed by atoms with Gasteiger partial charge in [-0.05, 0) is 11.1 Å². The van der Waals surface area contributed by atoms with Crippen LogP contribution in [0.4, 0.5) is 0 Å². The van der Waals surface area contributed by atoms with E-state index in [2.05, 4.69) is 16.6 Å². The Balaban J connectivity index is 2.85. The van der Waals surface area contributed by atoms with Crippen molar-refractivity contribution in [3.8, 4) is 0 Å². The standard InChI is InChI=1S/C9H9N3O/c1-7(11-12-10)9(13)8-5-3-2-4-6-8/h2-6,9,13H,1H2. The van der Waals surface area contributed by atoms with Gasteiger partial charge in [0.15, 0.2) is 0 Å². The third kappa shape index (κ3) is 2.33. The van der Waals surface area contributed by atoms with E-state index in [1.54, 1.807) is 24.3 Å². The molecule has 0 aromatic heterocycles. The minimum Gasteiger partial charge on any atom is -0.384 e. The highest BCUT2D eigenvalue weighted by Crippen LogP contribution is 2.20. The van der Waals surface area contributed by atoms with Crippen molar-refractivity contribution in [1.29, 1.82) is 0 Å². The van der Waals surface area contributed by atoms with E-state index in [1.807, 2.05) is 6.07 Å². The second kappa shape index (κ2) is 4.30. The summed E-state index contributed by atoms with van der Waals surface area (Å²) < 4.78 is 0. The zero-order valence-corrected chi connectivity index (χ0v) is 6.96. The summed E-state index contributed by atoms with van der Waals surface area (Å²) in [4.78, 5) is 2.55. The van der Waals surface area contributed by atoms with Crippen LogP contribution in [0.1, 0.15) is 11.7 Å². The van der Waals surface area contributed by atoms with Crippen LogP contribution < -0.4 is 0 Å². The summed E-state index contributed by atoms with van der Waals surface area (Å²) in [5, 5.41) is 12.8. The van der Waals surface area contributed by atoms with Gasteiger partial charge in [0.05, 0.1) is 0 Å². The fraction of sp³-hybridized carbons (Fsp3) is 0.111. The van der Waals surface area contributed by atoms with Crippen LogP contribution in [0.25, 0.3) is 10.4 Å². The van der Waals surface area contributed by atoms with Crippen LogP contribution >= 0.6 is 0 Å². The molecule has 0 aliphatic carbocycles.